The molecule has 2 nitrogen and oxygen atoms in total. The molecule has 1 aliphatic heterocycles. The van der Waals surface area contributed by atoms with E-state index < -0.39 is 0 Å². The van der Waals surface area contributed by atoms with Crippen molar-refractivity contribution in [3.63, 3.8) is 0 Å². The highest BCUT2D eigenvalue weighted by Gasteiger charge is 2.45. The Morgan fingerprint density at radius 3 is 2.00 bits per heavy atom. The van der Waals surface area contributed by atoms with Crippen molar-refractivity contribution in [3.8, 4) is 0 Å². The molecule has 2 aliphatic carbocycles. The summed E-state index contributed by atoms with van der Waals surface area (Å²) in [6.07, 6.45) is 19.4. The maximum Gasteiger partial charge on any atom is 0.0603 e. The average Bonchev–Trinajstić information content (AvgIpc) is 3.38. The van der Waals surface area contributed by atoms with Crippen molar-refractivity contribution in [1.82, 2.24) is 4.90 Å². The van der Waals surface area contributed by atoms with Crippen LogP contribution in [0, 0.1) is 10.8 Å². The average molecular weight is 364 g/mol. The quantitative estimate of drug-likeness (QED) is 0.385. The van der Waals surface area contributed by atoms with Gasteiger partial charge >= 0.3 is 0 Å². The van der Waals surface area contributed by atoms with Crippen molar-refractivity contribution >= 4 is 0 Å². The van der Waals surface area contributed by atoms with Crippen LogP contribution in [0.1, 0.15) is 111 Å². The Balaban J connectivity index is 1.34. The highest BCUT2D eigenvalue weighted by atomic mass is 16.5. The monoisotopic (exact) mass is 363 g/mol. The molecule has 2 heteroatoms. The molecule has 152 valence electrons. The molecule has 0 atom stereocenters. The standard InChI is InChI=1S/C24H45NO/c1-5-11-24(13-8-7-12-23(6-2)14-15-23)18-22(19-24)26-21-9-16-25(17-10-21)20(3)4/h20-22H,5-19H2,1-4H3. The molecule has 0 aromatic carbocycles. The molecule has 0 radical (unpaired) electrons. The van der Waals surface area contributed by atoms with Crippen molar-refractivity contribution in [3.05, 3.63) is 0 Å². The third-order valence-electron chi connectivity index (χ3n) is 8.06. The second-order valence-electron chi connectivity index (χ2n) is 10.3. The minimum Gasteiger partial charge on any atom is -0.375 e. The Bertz CT molecular complexity index is 414. The maximum atomic E-state index is 6.52. The summed E-state index contributed by atoms with van der Waals surface area (Å²) in [5.41, 5.74) is 1.43. The fourth-order valence-electron chi connectivity index (χ4n) is 5.82. The number of unbranched alkanes of at least 4 members (excludes halogenated alkanes) is 1. The molecule has 3 aliphatic rings. The lowest BCUT2D eigenvalue weighted by Crippen LogP contribution is -2.47. The van der Waals surface area contributed by atoms with E-state index in [9.17, 15) is 0 Å². The summed E-state index contributed by atoms with van der Waals surface area (Å²) in [6, 6.07) is 0.694. The van der Waals surface area contributed by atoms with E-state index in [2.05, 4.69) is 32.6 Å². The molecule has 0 bridgehead atoms. The lowest BCUT2D eigenvalue weighted by molar-refractivity contribution is -0.133. The summed E-state index contributed by atoms with van der Waals surface area (Å²) in [7, 11) is 0. The minimum atomic E-state index is 0.536. The van der Waals surface area contributed by atoms with Gasteiger partial charge in [-0.15, -0.1) is 0 Å². The Labute approximate surface area is 163 Å². The molecule has 1 saturated heterocycles. The number of hydrogen-bond donors (Lipinski definition) is 0. The second kappa shape index (κ2) is 8.95. The van der Waals surface area contributed by atoms with Crippen molar-refractivity contribution in [2.45, 2.75) is 129 Å². The predicted octanol–water partition coefficient (Wildman–Crippen LogP) is 6.58. The van der Waals surface area contributed by atoms with Gasteiger partial charge in [-0.25, -0.2) is 0 Å². The topological polar surface area (TPSA) is 12.5 Å². The van der Waals surface area contributed by atoms with Gasteiger partial charge in [-0.2, -0.15) is 0 Å². The fourth-order valence-corrected chi connectivity index (χ4v) is 5.82. The Hall–Kier alpha value is -0.0800. The Morgan fingerprint density at radius 1 is 0.885 bits per heavy atom. The van der Waals surface area contributed by atoms with Gasteiger partial charge in [-0.1, -0.05) is 39.5 Å². The van der Waals surface area contributed by atoms with Crippen LogP contribution in [0.25, 0.3) is 0 Å². The van der Waals surface area contributed by atoms with Crippen LogP contribution in [-0.4, -0.2) is 36.2 Å². The van der Waals surface area contributed by atoms with Crippen LogP contribution < -0.4 is 0 Å². The lowest BCUT2D eigenvalue weighted by Gasteiger charge is -2.50. The number of likely N-dealkylation sites (tertiary alicyclic amines) is 1. The SMILES string of the molecule is CCCC1(CCCCC2(CC)CC2)CC(OC2CCN(C(C)C)CC2)C1. The van der Waals surface area contributed by atoms with Crippen LogP contribution in [0.5, 0.6) is 0 Å². The smallest absolute Gasteiger partial charge is 0.0603 e. The number of hydrogen-bond acceptors (Lipinski definition) is 2. The van der Waals surface area contributed by atoms with Gasteiger partial charge in [0.05, 0.1) is 12.2 Å². The first-order valence-electron chi connectivity index (χ1n) is 11.9. The zero-order chi connectivity index (χ0) is 18.6. The molecular formula is C24H45NO. The number of piperidine rings is 1. The van der Waals surface area contributed by atoms with E-state index in [1.165, 1.54) is 96.6 Å². The first kappa shape index (κ1) is 20.6. The van der Waals surface area contributed by atoms with E-state index in [0.717, 1.165) is 5.41 Å². The molecule has 0 aromatic rings. The van der Waals surface area contributed by atoms with E-state index in [1.807, 2.05) is 0 Å². The lowest BCUT2D eigenvalue weighted by atomic mass is 9.61. The van der Waals surface area contributed by atoms with E-state index in [1.54, 1.807) is 0 Å². The predicted molar refractivity (Wildman–Crippen MR) is 112 cm³/mol. The second-order valence-corrected chi connectivity index (χ2v) is 10.3. The van der Waals surface area contributed by atoms with E-state index in [-0.39, 0.29) is 0 Å². The summed E-state index contributed by atoms with van der Waals surface area (Å²) in [5, 5.41) is 0. The summed E-state index contributed by atoms with van der Waals surface area (Å²) < 4.78 is 6.52. The molecule has 26 heavy (non-hydrogen) atoms. The van der Waals surface area contributed by atoms with Crippen molar-refractivity contribution in [1.29, 1.82) is 0 Å². The third kappa shape index (κ3) is 5.25. The maximum absolute atomic E-state index is 6.52. The molecule has 3 fully saturated rings. The van der Waals surface area contributed by atoms with Crippen LogP contribution in [0.3, 0.4) is 0 Å². The number of nitrogens with zero attached hydrogens (tertiary/aromatic N) is 1. The van der Waals surface area contributed by atoms with E-state index >= 15 is 0 Å². The molecule has 0 amide bonds. The third-order valence-corrected chi connectivity index (χ3v) is 8.06. The number of rotatable bonds is 11. The zero-order valence-corrected chi connectivity index (χ0v) is 18.2. The van der Waals surface area contributed by atoms with Gasteiger partial charge < -0.3 is 9.64 Å². The molecule has 3 rings (SSSR count). The van der Waals surface area contributed by atoms with Crippen molar-refractivity contribution < 1.29 is 4.74 Å². The Morgan fingerprint density at radius 2 is 1.50 bits per heavy atom. The van der Waals surface area contributed by atoms with E-state index in [4.69, 9.17) is 4.74 Å². The Kier molecular flexibility index (Phi) is 7.11. The number of ether oxygens (including phenoxy) is 1. The zero-order valence-electron chi connectivity index (χ0n) is 18.2. The minimum absolute atomic E-state index is 0.536. The highest BCUT2D eigenvalue weighted by molar-refractivity contribution is 4.96. The summed E-state index contributed by atoms with van der Waals surface area (Å²) >= 11 is 0. The first-order valence-corrected chi connectivity index (χ1v) is 11.9. The molecule has 1 heterocycles. The van der Waals surface area contributed by atoms with Gasteiger partial charge in [0.1, 0.15) is 0 Å². The van der Waals surface area contributed by atoms with Gasteiger partial charge in [-0.05, 0) is 82.5 Å². The van der Waals surface area contributed by atoms with Crippen LogP contribution in [-0.2, 0) is 4.74 Å². The summed E-state index contributed by atoms with van der Waals surface area (Å²) in [5.74, 6) is 0. The van der Waals surface area contributed by atoms with Gasteiger partial charge in [0.25, 0.3) is 0 Å². The van der Waals surface area contributed by atoms with Crippen LogP contribution in [0.15, 0.2) is 0 Å². The van der Waals surface area contributed by atoms with Crippen LogP contribution in [0.2, 0.25) is 0 Å². The van der Waals surface area contributed by atoms with Crippen LogP contribution in [0.4, 0.5) is 0 Å². The molecular weight excluding hydrogens is 318 g/mol. The fraction of sp³-hybridized carbons (Fsp3) is 1.00. The normalized spacial score (nSPS) is 32.0. The van der Waals surface area contributed by atoms with Crippen molar-refractivity contribution in [2.75, 3.05) is 13.1 Å². The van der Waals surface area contributed by atoms with Gasteiger partial charge in [-0.3, -0.25) is 0 Å². The van der Waals surface area contributed by atoms with E-state index in [0.29, 0.717) is 23.7 Å². The largest absolute Gasteiger partial charge is 0.375 e. The van der Waals surface area contributed by atoms with Crippen molar-refractivity contribution in [2.24, 2.45) is 10.8 Å². The van der Waals surface area contributed by atoms with Gasteiger partial charge in [0.2, 0.25) is 0 Å². The molecule has 0 unspecified atom stereocenters. The molecule has 0 spiro atoms. The summed E-state index contributed by atoms with van der Waals surface area (Å²) in [6.45, 7) is 11.9. The molecule has 0 N–H and O–H groups in total. The first-order chi connectivity index (χ1) is 12.5. The van der Waals surface area contributed by atoms with Gasteiger partial charge in [0, 0.05) is 19.1 Å². The highest BCUT2D eigenvalue weighted by Crippen LogP contribution is 2.54. The molecule has 0 aromatic heterocycles. The van der Waals surface area contributed by atoms with Gasteiger partial charge in [0.15, 0.2) is 0 Å². The summed E-state index contributed by atoms with van der Waals surface area (Å²) in [4.78, 5) is 2.60. The molecule has 2 saturated carbocycles. The van der Waals surface area contributed by atoms with Crippen LogP contribution >= 0.6 is 0 Å².